The van der Waals surface area contributed by atoms with Gasteiger partial charge < -0.3 is 15.7 Å². The van der Waals surface area contributed by atoms with E-state index in [0.29, 0.717) is 22.9 Å². The molecule has 0 radical (unpaired) electrons. The Balaban J connectivity index is 2.64. The van der Waals surface area contributed by atoms with Gasteiger partial charge in [0.25, 0.3) is 5.91 Å². The maximum Gasteiger partial charge on any atom is 0.263 e. The fraction of sp³-hybridized carbons (Fsp3) is 0.467. The van der Waals surface area contributed by atoms with E-state index in [1.165, 1.54) is 11.3 Å². The second-order valence-corrected chi connectivity index (χ2v) is 5.87. The van der Waals surface area contributed by atoms with Gasteiger partial charge in [-0.15, -0.1) is 11.3 Å². The van der Waals surface area contributed by atoms with E-state index < -0.39 is 6.04 Å². The maximum atomic E-state index is 12.1. The Morgan fingerprint density at radius 3 is 2.71 bits per heavy atom. The Hall–Kier alpha value is -1.84. The monoisotopic (exact) mass is 308 g/mol. The van der Waals surface area contributed by atoms with Gasteiger partial charge in [0.15, 0.2) is 0 Å². The number of rotatable bonds is 5. The lowest BCUT2D eigenvalue weighted by molar-refractivity contribution is -0.122. The van der Waals surface area contributed by atoms with E-state index in [4.69, 9.17) is 5.11 Å². The molecule has 21 heavy (non-hydrogen) atoms. The average Bonchev–Trinajstić information content (AvgIpc) is 2.90. The van der Waals surface area contributed by atoms with Crippen LogP contribution in [0.25, 0.3) is 0 Å². The van der Waals surface area contributed by atoms with Crippen LogP contribution in [-0.4, -0.2) is 36.1 Å². The third kappa shape index (κ3) is 5.58. The van der Waals surface area contributed by atoms with Crippen molar-refractivity contribution in [1.29, 1.82) is 0 Å². The Morgan fingerprint density at radius 1 is 1.38 bits per heavy atom. The molecule has 0 bridgehead atoms. The molecule has 1 aromatic heterocycles. The van der Waals surface area contributed by atoms with Crippen molar-refractivity contribution in [3.05, 3.63) is 21.9 Å². The van der Waals surface area contributed by atoms with E-state index in [2.05, 4.69) is 22.5 Å². The third-order valence-corrected chi connectivity index (χ3v) is 3.51. The summed E-state index contributed by atoms with van der Waals surface area (Å²) in [6, 6.07) is 1.10. The van der Waals surface area contributed by atoms with Crippen LogP contribution in [0.4, 0.5) is 0 Å². The summed E-state index contributed by atoms with van der Waals surface area (Å²) >= 11 is 1.25. The first-order valence-corrected chi connectivity index (χ1v) is 7.59. The van der Waals surface area contributed by atoms with Crippen molar-refractivity contribution in [1.82, 2.24) is 10.6 Å². The molecule has 3 N–H and O–H groups in total. The highest BCUT2D eigenvalue weighted by molar-refractivity contribution is 7.12. The highest BCUT2D eigenvalue weighted by Crippen LogP contribution is 2.15. The van der Waals surface area contributed by atoms with Gasteiger partial charge in [-0.05, 0) is 24.3 Å². The highest BCUT2D eigenvalue weighted by Gasteiger charge is 2.19. The van der Waals surface area contributed by atoms with Crippen molar-refractivity contribution in [2.45, 2.75) is 26.8 Å². The van der Waals surface area contributed by atoms with Gasteiger partial charge in [-0.1, -0.05) is 25.7 Å². The lowest BCUT2D eigenvalue weighted by Gasteiger charge is -2.14. The molecule has 0 aliphatic heterocycles. The molecule has 0 saturated heterocycles. The summed E-state index contributed by atoms with van der Waals surface area (Å²) in [4.78, 5) is 24.4. The van der Waals surface area contributed by atoms with E-state index >= 15 is 0 Å². The van der Waals surface area contributed by atoms with Crippen molar-refractivity contribution in [3.63, 3.8) is 0 Å². The number of carbonyl (C=O) groups excluding carboxylic acids is 2. The molecule has 1 rings (SSSR count). The molecule has 1 heterocycles. The zero-order chi connectivity index (χ0) is 15.8. The van der Waals surface area contributed by atoms with Crippen molar-refractivity contribution in [2.75, 3.05) is 13.2 Å². The third-order valence-electron chi connectivity index (χ3n) is 2.60. The molecule has 6 heteroatoms. The largest absolute Gasteiger partial charge is 0.384 e. The Morgan fingerprint density at radius 2 is 2.10 bits per heavy atom. The zero-order valence-corrected chi connectivity index (χ0v) is 13.2. The van der Waals surface area contributed by atoms with E-state index in [1.54, 1.807) is 18.4 Å². The van der Waals surface area contributed by atoms with Gasteiger partial charge in [-0.2, -0.15) is 0 Å². The van der Waals surface area contributed by atoms with Crippen LogP contribution in [-0.2, 0) is 4.79 Å². The molecule has 0 aromatic carbocycles. The molecule has 114 valence electrons. The molecular weight excluding hydrogens is 288 g/mol. The number of amides is 2. The summed E-state index contributed by atoms with van der Waals surface area (Å²) in [7, 11) is 0. The number of aliphatic hydroxyl groups excluding tert-OH is 1. The summed E-state index contributed by atoms with van der Waals surface area (Å²) in [5.41, 5.74) is 0.557. The number of aliphatic hydroxyl groups is 1. The summed E-state index contributed by atoms with van der Waals surface area (Å²) in [6.45, 7) is 5.96. The molecule has 0 aliphatic carbocycles. The first kappa shape index (κ1) is 17.2. The van der Waals surface area contributed by atoms with E-state index in [9.17, 15) is 9.59 Å². The van der Waals surface area contributed by atoms with Gasteiger partial charge >= 0.3 is 0 Å². The van der Waals surface area contributed by atoms with E-state index in [0.717, 1.165) is 0 Å². The molecule has 2 amide bonds. The van der Waals surface area contributed by atoms with Crippen LogP contribution in [0.15, 0.2) is 11.4 Å². The fourth-order valence-corrected chi connectivity index (χ4v) is 2.26. The standard InChI is InChI=1S/C15H20N2O3S/c1-10(2)9-16-14(19)11(3)17-15(20)13-12(5-4-7-18)6-8-21-13/h6,8,10-11,18H,7,9H2,1-3H3,(H,16,19)(H,17,20). The van der Waals surface area contributed by atoms with Gasteiger partial charge in [0.05, 0.1) is 0 Å². The van der Waals surface area contributed by atoms with Gasteiger partial charge in [0.1, 0.15) is 17.5 Å². The second kappa shape index (κ2) is 8.45. The van der Waals surface area contributed by atoms with Crippen LogP contribution >= 0.6 is 11.3 Å². The predicted octanol–water partition coefficient (Wildman–Crippen LogP) is 0.982. The van der Waals surface area contributed by atoms with Crippen LogP contribution in [0.1, 0.15) is 36.0 Å². The molecule has 5 nitrogen and oxygen atoms in total. The van der Waals surface area contributed by atoms with Crippen LogP contribution in [0.2, 0.25) is 0 Å². The van der Waals surface area contributed by atoms with Gasteiger partial charge in [0.2, 0.25) is 5.91 Å². The number of nitrogens with one attached hydrogen (secondary N) is 2. The van der Waals surface area contributed by atoms with Crippen LogP contribution < -0.4 is 10.6 Å². The molecule has 0 fully saturated rings. The second-order valence-electron chi connectivity index (χ2n) is 4.96. The van der Waals surface area contributed by atoms with Crippen molar-refractivity contribution < 1.29 is 14.7 Å². The summed E-state index contributed by atoms with van der Waals surface area (Å²) < 4.78 is 0. The van der Waals surface area contributed by atoms with Crippen molar-refractivity contribution in [2.24, 2.45) is 5.92 Å². The van der Waals surface area contributed by atoms with Crippen LogP contribution in [0, 0.1) is 17.8 Å². The SMILES string of the molecule is CC(C)CNC(=O)C(C)NC(=O)c1sccc1C#CCO. The molecule has 0 spiro atoms. The lowest BCUT2D eigenvalue weighted by atomic mass is 10.2. The lowest BCUT2D eigenvalue weighted by Crippen LogP contribution is -2.45. The number of thiophene rings is 1. The number of hydrogen-bond donors (Lipinski definition) is 3. The number of carbonyl (C=O) groups is 2. The van der Waals surface area contributed by atoms with E-state index in [-0.39, 0.29) is 18.4 Å². The summed E-state index contributed by atoms with van der Waals surface area (Å²) in [5, 5.41) is 15.9. The predicted molar refractivity (Wildman–Crippen MR) is 83.1 cm³/mol. The highest BCUT2D eigenvalue weighted by atomic mass is 32.1. The fourth-order valence-electron chi connectivity index (χ4n) is 1.50. The minimum absolute atomic E-state index is 0.211. The summed E-state index contributed by atoms with van der Waals surface area (Å²) in [5.74, 6) is 5.03. The minimum atomic E-state index is -0.614. The topological polar surface area (TPSA) is 78.4 Å². The normalized spacial score (nSPS) is 11.5. The number of hydrogen-bond acceptors (Lipinski definition) is 4. The zero-order valence-electron chi connectivity index (χ0n) is 12.4. The Bertz CT molecular complexity index is 555. The molecular formula is C15H20N2O3S. The molecule has 0 aliphatic rings. The minimum Gasteiger partial charge on any atom is -0.384 e. The van der Waals surface area contributed by atoms with Crippen molar-refractivity contribution in [3.8, 4) is 11.8 Å². The van der Waals surface area contributed by atoms with E-state index in [1.807, 2.05) is 13.8 Å². The quantitative estimate of drug-likeness (QED) is 0.710. The Labute approximate surface area is 128 Å². The Kier molecular flexibility index (Phi) is 6.92. The summed E-state index contributed by atoms with van der Waals surface area (Å²) in [6.07, 6.45) is 0. The molecule has 1 unspecified atom stereocenters. The average molecular weight is 308 g/mol. The van der Waals surface area contributed by atoms with Crippen LogP contribution in [0.5, 0.6) is 0 Å². The van der Waals surface area contributed by atoms with Gasteiger partial charge in [-0.3, -0.25) is 9.59 Å². The smallest absolute Gasteiger partial charge is 0.263 e. The van der Waals surface area contributed by atoms with Crippen LogP contribution in [0.3, 0.4) is 0 Å². The maximum absolute atomic E-state index is 12.1. The van der Waals surface area contributed by atoms with Crippen molar-refractivity contribution >= 4 is 23.2 Å². The molecule has 0 saturated carbocycles. The van der Waals surface area contributed by atoms with Gasteiger partial charge in [0, 0.05) is 12.1 Å². The van der Waals surface area contributed by atoms with Gasteiger partial charge in [-0.25, -0.2) is 0 Å². The first-order chi connectivity index (χ1) is 9.95. The molecule has 1 atom stereocenters. The first-order valence-electron chi connectivity index (χ1n) is 6.71. The molecule has 1 aromatic rings.